The van der Waals surface area contributed by atoms with Gasteiger partial charge in [-0.25, -0.2) is 4.79 Å². The fourth-order valence-corrected chi connectivity index (χ4v) is 0.714. The van der Waals surface area contributed by atoms with E-state index in [-0.39, 0.29) is 75.5 Å². The second-order valence-corrected chi connectivity index (χ2v) is 2.48. The summed E-state index contributed by atoms with van der Waals surface area (Å²) >= 11 is 0. The molecule has 0 unspecified atom stereocenters. The summed E-state index contributed by atoms with van der Waals surface area (Å²) < 4.78 is 0. The molecule has 0 aliphatic heterocycles. The predicted molar refractivity (Wildman–Crippen MR) is 62.2 cm³/mol. The van der Waals surface area contributed by atoms with E-state index in [9.17, 15) is 14.4 Å². The van der Waals surface area contributed by atoms with Gasteiger partial charge in [0.15, 0.2) is 5.60 Å². The summed E-state index contributed by atoms with van der Waals surface area (Å²) in [6.45, 7) is 0. The normalized spacial score (nSPS) is 7.83. The monoisotopic (exact) mass is 294 g/mol. The number of aliphatic carboxylic acids is 3. The molecule has 0 radical (unpaired) electrons. The summed E-state index contributed by atoms with van der Waals surface area (Å²) in [5.41, 5.74) is -2.74. The van der Waals surface area contributed by atoms with E-state index in [1.165, 1.54) is 0 Å². The molecule has 10 N–H and O–H groups in total. The number of rotatable bonds is 5. The Morgan fingerprint density at radius 3 is 1.11 bits per heavy atom. The van der Waals surface area contributed by atoms with Crippen LogP contribution in [-0.2, 0) is 14.4 Å². The molecule has 12 heteroatoms. The van der Waals surface area contributed by atoms with Crippen LogP contribution in [0.25, 0.3) is 0 Å². The molecule has 0 aromatic carbocycles. The first-order valence-electron chi connectivity index (χ1n) is 3.17. The molecule has 0 saturated carbocycles. The van der Waals surface area contributed by atoms with Crippen molar-refractivity contribution < 1.29 is 51.2 Å². The molecular formula is C6H16Na2O10. The van der Waals surface area contributed by atoms with Crippen molar-refractivity contribution in [3.63, 3.8) is 0 Å². The molecule has 0 aliphatic rings. The molecule has 0 aliphatic carbocycles. The van der Waals surface area contributed by atoms with Crippen molar-refractivity contribution in [1.29, 1.82) is 0 Å². The van der Waals surface area contributed by atoms with E-state index in [0.717, 1.165) is 0 Å². The number of carboxylic acids is 3. The molecule has 102 valence electrons. The van der Waals surface area contributed by atoms with Crippen LogP contribution >= 0.6 is 0 Å². The summed E-state index contributed by atoms with van der Waals surface area (Å²) in [5, 5.41) is 33.8. The van der Waals surface area contributed by atoms with Gasteiger partial charge in [-0.1, -0.05) is 0 Å². The molecule has 0 saturated heterocycles. The third-order valence-electron chi connectivity index (χ3n) is 1.29. The Hall–Kier alpha value is 0.250. The second-order valence-electron chi connectivity index (χ2n) is 2.48. The van der Waals surface area contributed by atoms with Crippen molar-refractivity contribution in [3.05, 3.63) is 0 Å². The van der Waals surface area contributed by atoms with Gasteiger partial charge in [0, 0.05) is 0 Å². The van der Waals surface area contributed by atoms with E-state index in [1.54, 1.807) is 0 Å². The zero-order valence-electron chi connectivity index (χ0n) is 7.93. The van der Waals surface area contributed by atoms with Crippen molar-refractivity contribution in [2.45, 2.75) is 18.4 Å². The maximum absolute atomic E-state index is 10.3. The van der Waals surface area contributed by atoms with Crippen LogP contribution in [0.5, 0.6) is 0 Å². The zero-order valence-corrected chi connectivity index (χ0v) is 7.93. The van der Waals surface area contributed by atoms with Gasteiger partial charge in [-0.2, -0.15) is 0 Å². The molecule has 0 heterocycles. The minimum absolute atomic E-state index is 0. The Morgan fingerprint density at radius 2 is 1.00 bits per heavy atom. The Morgan fingerprint density at radius 1 is 0.778 bits per heavy atom. The average molecular weight is 294 g/mol. The summed E-state index contributed by atoms with van der Waals surface area (Å²) in [4.78, 5) is 30.5. The van der Waals surface area contributed by atoms with Crippen molar-refractivity contribution in [2.24, 2.45) is 0 Å². The van der Waals surface area contributed by atoms with Crippen LogP contribution < -0.4 is 0 Å². The standard InChI is InChI=1S/C6H8O7.2Na.3H2O.2H/c7-3(8)1-6(13,5(11)12)2-4(9)10;;;;;;;/h13H,1-2H2,(H,7,8)(H,9,10)(H,11,12);;;3*1H2;;. The van der Waals surface area contributed by atoms with Crippen LogP contribution in [-0.4, -0.2) is 119 Å². The summed E-state index contributed by atoms with van der Waals surface area (Å²) in [7, 11) is 0. The Bertz CT molecular complexity index is 239. The molecule has 0 bridgehead atoms. The fraction of sp³-hybridized carbons (Fsp3) is 0.500. The quantitative estimate of drug-likeness (QED) is 0.360. The molecule has 0 fully saturated rings. The zero-order chi connectivity index (χ0) is 10.6. The van der Waals surface area contributed by atoms with Gasteiger partial charge in [0.05, 0.1) is 12.8 Å². The summed E-state index contributed by atoms with van der Waals surface area (Å²) in [6.07, 6.45) is -2.29. The van der Waals surface area contributed by atoms with E-state index in [2.05, 4.69) is 0 Å². The van der Waals surface area contributed by atoms with E-state index < -0.39 is 36.4 Å². The predicted octanol–water partition coefficient (Wildman–Crippen LogP) is -5.02. The van der Waals surface area contributed by atoms with E-state index in [1.807, 2.05) is 0 Å². The Labute approximate surface area is 145 Å². The van der Waals surface area contributed by atoms with Crippen LogP contribution in [0.1, 0.15) is 12.8 Å². The third kappa shape index (κ3) is 14.3. The maximum atomic E-state index is 10.3. The SMILES string of the molecule is O.O.O.O=C(O)CC(O)(CC(=O)O)C(=O)O.[NaH].[NaH]. The number of carboxylic acid groups (broad SMARTS) is 3. The summed E-state index contributed by atoms with van der Waals surface area (Å²) in [5.74, 6) is -5.02. The van der Waals surface area contributed by atoms with Crippen LogP contribution in [0.4, 0.5) is 0 Å². The van der Waals surface area contributed by atoms with E-state index >= 15 is 0 Å². The number of aliphatic hydroxyl groups is 1. The molecule has 0 atom stereocenters. The van der Waals surface area contributed by atoms with Crippen molar-refractivity contribution >= 4 is 77.0 Å². The number of hydrogen-bond acceptors (Lipinski definition) is 4. The van der Waals surface area contributed by atoms with Gasteiger partial charge in [0.1, 0.15) is 0 Å². The van der Waals surface area contributed by atoms with Gasteiger partial charge in [-0.05, 0) is 0 Å². The van der Waals surface area contributed by atoms with Crippen molar-refractivity contribution in [3.8, 4) is 0 Å². The molecule has 0 aromatic heterocycles. The molecular weight excluding hydrogens is 278 g/mol. The fourth-order valence-electron chi connectivity index (χ4n) is 0.714. The first-order valence-corrected chi connectivity index (χ1v) is 3.17. The van der Waals surface area contributed by atoms with E-state index in [4.69, 9.17) is 20.4 Å². The molecule has 0 amide bonds. The van der Waals surface area contributed by atoms with Gasteiger partial charge < -0.3 is 36.9 Å². The molecule has 0 rings (SSSR count). The number of carbonyl (C=O) groups is 3. The Balaban J connectivity index is -0.0000000720. The third-order valence-corrected chi connectivity index (χ3v) is 1.29. The van der Waals surface area contributed by atoms with Gasteiger partial charge in [0.2, 0.25) is 0 Å². The Kier molecular flexibility index (Phi) is 30.8. The average Bonchev–Trinajstić information content (AvgIpc) is 1.82. The number of hydrogen-bond donors (Lipinski definition) is 4. The van der Waals surface area contributed by atoms with Crippen LogP contribution in [0.15, 0.2) is 0 Å². The van der Waals surface area contributed by atoms with Gasteiger partial charge in [-0.3, -0.25) is 9.59 Å². The second kappa shape index (κ2) is 15.3. The van der Waals surface area contributed by atoms with Crippen molar-refractivity contribution in [2.75, 3.05) is 0 Å². The first kappa shape index (κ1) is 36.2. The topological polar surface area (TPSA) is 227 Å². The first-order chi connectivity index (χ1) is 5.78. The van der Waals surface area contributed by atoms with Crippen LogP contribution in [0.3, 0.4) is 0 Å². The molecule has 0 spiro atoms. The van der Waals surface area contributed by atoms with Crippen molar-refractivity contribution in [1.82, 2.24) is 0 Å². The van der Waals surface area contributed by atoms with Crippen LogP contribution in [0.2, 0.25) is 0 Å². The molecule has 18 heavy (non-hydrogen) atoms. The minimum atomic E-state index is -2.74. The van der Waals surface area contributed by atoms with Gasteiger partial charge in [0.25, 0.3) is 0 Å². The molecule has 10 nitrogen and oxygen atoms in total. The van der Waals surface area contributed by atoms with E-state index in [0.29, 0.717) is 0 Å². The summed E-state index contributed by atoms with van der Waals surface area (Å²) in [6, 6.07) is 0. The van der Waals surface area contributed by atoms with Crippen LogP contribution in [0, 0.1) is 0 Å². The molecule has 0 aromatic rings. The van der Waals surface area contributed by atoms with Gasteiger partial charge >= 0.3 is 77.0 Å². The van der Waals surface area contributed by atoms with Gasteiger partial charge in [-0.15, -0.1) is 0 Å².